The summed E-state index contributed by atoms with van der Waals surface area (Å²) < 4.78 is 28.9. The zero-order valence-corrected chi connectivity index (χ0v) is 6.09. The molecular weight excluding hydrogens is 152 g/mol. The van der Waals surface area contributed by atoms with Crippen molar-refractivity contribution in [1.29, 1.82) is 0 Å². The van der Waals surface area contributed by atoms with Gasteiger partial charge in [-0.1, -0.05) is 0 Å². The molecule has 2 N–H and O–H groups in total. The molecule has 0 aromatic rings. The minimum atomic E-state index is -2.48. The average molecular weight is 163 g/mol. The zero-order chi connectivity index (χ0) is 8.27. The van der Waals surface area contributed by atoms with Gasteiger partial charge in [0.05, 0.1) is 18.9 Å². The molecule has 1 aliphatic rings. The van der Waals surface area contributed by atoms with Gasteiger partial charge in [-0.15, -0.1) is 0 Å². The second kappa shape index (κ2) is 3.67. The highest BCUT2D eigenvalue weighted by Gasteiger charge is 2.21. The number of halogens is 2. The molecule has 0 spiro atoms. The van der Waals surface area contributed by atoms with Crippen LogP contribution in [0.2, 0.25) is 0 Å². The summed E-state index contributed by atoms with van der Waals surface area (Å²) in [5, 5.41) is 0. The molecule has 4 heteroatoms. The molecule has 0 aromatic carbocycles. The second-order valence-electron chi connectivity index (χ2n) is 2.53. The molecule has 2 nitrogen and oxygen atoms in total. The Hall–Kier alpha value is -0.640. The molecule has 0 saturated heterocycles. The van der Waals surface area contributed by atoms with Crippen LogP contribution in [0.5, 0.6) is 0 Å². The Morgan fingerprint density at radius 3 is 2.73 bits per heavy atom. The van der Waals surface area contributed by atoms with Gasteiger partial charge in [-0.2, -0.15) is 0 Å². The molecule has 0 aromatic heterocycles. The number of hydrogen-bond acceptors (Lipinski definition) is 2. The highest BCUT2D eigenvalue weighted by molar-refractivity contribution is 5.09. The lowest BCUT2D eigenvalue weighted by molar-refractivity contribution is 0.120. The van der Waals surface area contributed by atoms with Crippen LogP contribution in [0.25, 0.3) is 0 Å². The largest absolute Gasteiger partial charge is 0.501 e. The minimum Gasteiger partial charge on any atom is -0.501 e. The summed E-state index contributed by atoms with van der Waals surface area (Å²) >= 11 is 0. The highest BCUT2D eigenvalue weighted by atomic mass is 19.3. The standard InChI is InChI=1S/C7H11F2NO/c8-7(9)6(10)5-2-1-3-11-4-5/h4,6-7H,1-3,10H2. The van der Waals surface area contributed by atoms with E-state index in [1.807, 2.05) is 0 Å². The van der Waals surface area contributed by atoms with Crippen molar-refractivity contribution in [2.75, 3.05) is 6.61 Å². The number of alkyl halides is 2. The molecular formula is C7H11F2NO. The molecule has 1 heterocycles. The van der Waals surface area contributed by atoms with Gasteiger partial charge in [0.25, 0.3) is 6.43 Å². The third-order valence-electron chi connectivity index (χ3n) is 1.66. The van der Waals surface area contributed by atoms with E-state index in [2.05, 4.69) is 0 Å². The van der Waals surface area contributed by atoms with Gasteiger partial charge in [0.1, 0.15) is 0 Å². The topological polar surface area (TPSA) is 35.2 Å². The summed E-state index contributed by atoms with van der Waals surface area (Å²) in [6.07, 6.45) is 0.292. The van der Waals surface area contributed by atoms with E-state index < -0.39 is 12.5 Å². The zero-order valence-electron chi connectivity index (χ0n) is 6.09. The number of ether oxygens (including phenoxy) is 1. The molecule has 0 bridgehead atoms. The first-order chi connectivity index (χ1) is 5.22. The predicted octanol–water partition coefficient (Wildman–Crippen LogP) is 1.27. The average Bonchev–Trinajstić information content (AvgIpc) is 2.05. The van der Waals surface area contributed by atoms with Gasteiger partial charge >= 0.3 is 0 Å². The van der Waals surface area contributed by atoms with Crippen molar-refractivity contribution >= 4 is 0 Å². The van der Waals surface area contributed by atoms with E-state index in [1.54, 1.807) is 0 Å². The smallest absolute Gasteiger partial charge is 0.257 e. The van der Waals surface area contributed by atoms with Gasteiger partial charge in [0, 0.05) is 0 Å². The van der Waals surface area contributed by atoms with Crippen molar-refractivity contribution in [3.05, 3.63) is 11.8 Å². The van der Waals surface area contributed by atoms with E-state index in [-0.39, 0.29) is 0 Å². The summed E-state index contributed by atoms with van der Waals surface area (Å²) in [5.74, 6) is 0. The van der Waals surface area contributed by atoms with Crippen LogP contribution in [-0.2, 0) is 4.74 Å². The van der Waals surface area contributed by atoms with Gasteiger partial charge in [-0.3, -0.25) is 0 Å². The van der Waals surface area contributed by atoms with Crippen molar-refractivity contribution in [2.24, 2.45) is 5.73 Å². The molecule has 1 atom stereocenters. The number of nitrogens with two attached hydrogens (primary N) is 1. The Balaban J connectivity index is 2.51. The lowest BCUT2D eigenvalue weighted by atomic mass is 10.0. The maximum Gasteiger partial charge on any atom is 0.257 e. The maximum absolute atomic E-state index is 12.0. The van der Waals surface area contributed by atoms with E-state index in [9.17, 15) is 8.78 Å². The van der Waals surface area contributed by atoms with Crippen molar-refractivity contribution in [2.45, 2.75) is 25.3 Å². The normalized spacial score (nSPS) is 20.9. The van der Waals surface area contributed by atoms with E-state index in [1.165, 1.54) is 6.26 Å². The van der Waals surface area contributed by atoms with Crippen LogP contribution >= 0.6 is 0 Å². The second-order valence-corrected chi connectivity index (χ2v) is 2.53. The molecule has 11 heavy (non-hydrogen) atoms. The van der Waals surface area contributed by atoms with Crippen LogP contribution in [0.4, 0.5) is 8.78 Å². The van der Waals surface area contributed by atoms with Gasteiger partial charge < -0.3 is 10.5 Å². The molecule has 64 valence electrons. The van der Waals surface area contributed by atoms with Crippen molar-refractivity contribution < 1.29 is 13.5 Å². The van der Waals surface area contributed by atoms with Gasteiger partial charge in [-0.05, 0) is 18.4 Å². The Bertz CT molecular complexity index is 159. The first-order valence-electron chi connectivity index (χ1n) is 3.56. The third kappa shape index (κ3) is 2.15. The van der Waals surface area contributed by atoms with Gasteiger partial charge in [-0.25, -0.2) is 8.78 Å². The van der Waals surface area contributed by atoms with Crippen LogP contribution < -0.4 is 5.73 Å². The van der Waals surface area contributed by atoms with E-state index in [4.69, 9.17) is 10.5 Å². The summed E-state index contributed by atoms with van der Waals surface area (Å²) in [4.78, 5) is 0. The Morgan fingerprint density at radius 2 is 2.27 bits per heavy atom. The Kier molecular flexibility index (Phi) is 2.82. The predicted molar refractivity (Wildman–Crippen MR) is 37.2 cm³/mol. The van der Waals surface area contributed by atoms with Crippen molar-refractivity contribution in [3.8, 4) is 0 Å². The fraction of sp³-hybridized carbons (Fsp3) is 0.714. The van der Waals surface area contributed by atoms with Crippen molar-refractivity contribution in [1.82, 2.24) is 0 Å². The Morgan fingerprint density at radius 1 is 1.55 bits per heavy atom. The fourth-order valence-corrected chi connectivity index (χ4v) is 0.992. The highest BCUT2D eigenvalue weighted by Crippen LogP contribution is 2.18. The fourth-order valence-electron chi connectivity index (χ4n) is 0.992. The van der Waals surface area contributed by atoms with Crippen LogP contribution in [0.3, 0.4) is 0 Å². The quantitative estimate of drug-likeness (QED) is 0.665. The van der Waals surface area contributed by atoms with E-state index in [0.717, 1.165) is 6.42 Å². The molecule has 0 saturated carbocycles. The van der Waals surface area contributed by atoms with Crippen LogP contribution in [0.1, 0.15) is 12.8 Å². The van der Waals surface area contributed by atoms with Gasteiger partial charge in [0.15, 0.2) is 0 Å². The van der Waals surface area contributed by atoms with Crippen LogP contribution in [-0.4, -0.2) is 19.1 Å². The molecule has 1 aliphatic heterocycles. The van der Waals surface area contributed by atoms with E-state index in [0.29, 0.717) is 18.6 Å². The molecule has 0 fully saturated rings. The lowest BCUT2D eigenvalue weighted by Crippen LogP contribution is -2.32. The van der Waals surface area contributed by atoms with Crippen LogP contribution in [0, 0.1) is 0 Å². The van der Waals surface area contributed by atoms with E-state index >= 15 is 0 Å². The molecule has 0 radical (unpaired) electrons. The number of rotatable bonds is 2. The summed E-state index contributed by atoms with van der Waals surface area (Å²) in [6.45, 7) is 0.611. The molecule has 0 aliphatic carbocycles. The maximum atomic E-state index is 12.0. The summed E-state index contributed by atoms with van der Waals surface area (Å²) in [5.41, 5.74) is 5.71. The van der Waals surface area contributed by atoms with Gasteiger partial charge in [0.2, 0.25) is 0 Å². The summed E-state index contributed by atoms with van der Waals surface area (Å²) in [6, 6.07) is -1.14. The summed E-state index contributed by atoms with van der Waals surface area (Å²) in [7, 11) is 0. The SMILES string of the molecule is NC(C1=COCCC1)C(F)F. The van der Waals surface area contributed by atoms with Crippen LogP contribution in [0.15, 0.2) is 11.8 Å². The molecule has 0 amide bonds. The molecule has 1 rings (SSSR count). The first kappa shape index (κ1) is 8.46. The number of hydrogen-bond donors (Lipinski definition) is 1. The van der Waals surface area contributed by atoms with Crippen molar-refractivity contribution in [3.63, 3.8) is 0 Å². The monoisotopic (exact) mass is 163 g/mol. The molecule has 1 unspecified atom stereocenters. The Labute approximate surface area is 64.0 Å². The lowest BCUT2D eigenvalue weighted by Gasteiger charge is -2.18. The third-order valence-corrected chi connectivity index (χ3v) is 1.66. The first-order valence-corrected chi connectivity index (χ1v) is 3.56. The minimum absolute atomic E-state index is 0.520.